The topological polar surface area (TPSA) is 7.68 Å². The zero-order valence-corrected chi connectivity index (χ0v) is 20.0. The zero-order valence-electron chi connectivity index (χ0n) is 20.0. The Morgan fingerprint density at radius 1 is 0.438 bits per heavy atom. The predicted molar refractivity (Wildman–Crippen MR) is 137 cm³/mol. The normalized spacial score (nSPS) is 11.1. The van der Waals surface area contributed by atoms with Gasteiger partial charge in [-0.25, -0.2) is 0 Å². The molecule has 1 N–H and O–H groups in total. The van der Waals surface area contributed by atoms with Crippen LogP contribution in [-0.2, 0) is 0 Å². The Morgan fingerprint density at radius 2 is 0.781 bits per heavy atom. The molecule has 4 rings (SSSR count). The van der Waals surface area contributed by atoms with E-state index in [-0.39, 0.29) is 0 Å². The third-order valence-electron chi connectivity index (χ3n) is 6.06. The summed E-state index contributed by atoms with van der Waals surface area (Å²) in [5.41, 5.74) is 12.4. The van der Waals surface area contributed by atoms with E-state index in [2.05, 4.69) is 131 Å². The molecule has 0 aliphatic carbocycles. The highest BCUT2D eigenvalue weighted by Gasteiger charge is 2.29. The molecule has 0 aromatic heterocycles. The first kappa shape index (κ1) is 21.9. The molecular formula is C30H33N2+. The third-order valence-corrected chi connectivity index (χ3v) is 6.06. The molecule has 2 nitrogen and oxygen atoms in total. The van der Waals surface area contributed by atoms with Gasteiger partial charge in [-0.15, -0.1) is 0 Å². The molecule has 0 heterocycles. The van der Waals surface area contributed by atoms with Crippen LogP contribution in [0, 0.1) is 41.5 Å². The first-order chi connectivity index (χ1) is 15.3. The molecule has 0 amide bonds. The van der Waals surface area contributed by atoms with Gasteiger partial charge in [0.1, 0.15) is 0 Å². The van der Waals surface area contributed by atoms with Gasteiger partial charge in [0, 0.05) is 24.3 Å². The highest BCUT2D eigenvalue weighted by Crippen LogP contribution is 2.31. The van der Waals surface area contributed by atoms with Crippen LogP contribution in [0.2, 0.25) is 0 Å². The summed E-state index contributed by atoms with van der Waals surface area (Å²) in [6.07, 6.45) is 0. The van der Waals surface area contributed by atoms with Crippen molar-refractivity contribution in [3.05, 3.63) is 118 Å². The van der Waals surface area contributed by atoms with Crippen LogP contribution in [0.5, 0.6) is 0 Å². The third kappa shape index (κ3) is 4.46. The number of aryl methyl sites for hydroxylation is 6. The van der Waals surface area contributed by atoms with Gasteiger partial charge in [-0.3, -0.25) is 0 Å². The Labute approximate surface area is 192 Å². The SMILES string of the molecule is Cc1ccc([NH+](c2ccc(C)cc2)N(c2ccc(C)cc2C)c2ccc(C)cc2C)cc1. The molecule has 0 radical (unpaired) electrons. The van der Waals surface area contributed by atoms with E-state index in [1.165, 1.54) is 61.1 Å². The molecule has 32 heavy (non-hydrogen) atoms. The summed E-state index contributed by atoms with van der Waals surface area (Å²) in [6.45, 7) is 13.0. The molecule has 0 atom stereocenters. The van der Waals surface area contributed by atoms with Crippen molar-refractivity contribution < 1.29 is 5.01 Å². The van der Waals surface area contributed by atoms with Crippen LogP contribution in [0.15, 0.2) is 84.9 Å². The minimum atomic E-state index is 1.20. The Hall–Kier alpha value is -3.36. The monoisotopic (exact) mass is 421 g/mol. The average Bonchev–Trinajstić information content (AvgIpc) is 2.75. The number of benzene rings is 4. The number of rotatable bonds is 5. The van der Waals surface area contributed by atoms with Gasteiger partial charge in [0.25, 0.3) is 0 Å². The van der Waals surface area contributed by atoms with E-state index in [9.17, 15) is 0 Å². The molecule has 0 spiro atoms. The van der Waals surface area contributed by atoms with E-state index in [0.717, 1.165) is 0 Å². The van der Waals surface area contributed by atoms with E-state index in [1.54, 1.807) is 0 Å². The van der Waals surface area contributed by atoms with Crippen molar-refractivity contribution in [1.82, 2.24) is 0 Å². The van der Waals surface area contributed by atoms with Crippen molar-refractivity contribution in [1.29, 1.82) is 0 Å². The van der Waals surface area contributed by atoms with E-state index in [1.807, 2.05) is 0 Å². The van der Waals surface area contributed by atoms with Crippen LogP contribution in [0.3, 0.4) is 0 Å². The molecule has 0 saturated heterocycles. The summed E-state index contributed by atoms with van der Waals surface area (Å²) in [7, 11) is 0. The van der Waals surface area contributed by atoms with Crippen LogP contribution >= 0.6 is 0 Å². The summed E-state index contributed by atoms with van der Waals surface area (Å²) in [4.78, 5) is 0. The maximum Gasteiger partial charge on any atom is 0.161 e. The molecule has 0 unspecified atom stereocenters. The molecule has 0 aliphatic heterocycles. The second-order valence-electron chi connectivity index (χ2n) is 9.00. The minimum absolute atomic E-state index is 1.20. The Bertz CT molecular complexity index is 1120. The minimum Gasteiger partial charge on any atom is -0.183 e. The summed E-state index contributed by atoms with van der Waals surface area (Å²) in [6, 6.07) is 31.2. The van der Waals surface area contributed by atoms with Crippen LogP contribution in [0.4, 0.5) is 22.7 Å². The Balaban J connectivity index is 2.01. The van der Waals surface area contributed by atoms with Gasteiger partial charge in [0.15, 0.2) is 11.4 Å². The number of nitrogens with zero attached hydrogens (tertiary/aromatic N) is 1. The standard InChI is InChI=1S/C30H32N2/c1-21-7-13-27(14-8-21)31(28-15-9-22(2)10-16-28)32(29-17-11-23(3)19-25(29)5)30-18-12-24(4)20-26(30)6/h7-20H,1-6H3/p+1. The second-order valence-corrected chi connectivity index (χ2v) is 9.00. The molecule has 0 aliphatic rings. The largest absolute Gasteiger partial charge is 0.183 e. The highest BCUT2D eigenvalue weighted by molar-refractivity contribution is 5.68. The summed E-state index contributed by atoms with van der Waals surface area (Å²) in [5, 5.41) is 3.64. The number of hydrogen-bond acceptors (Lipinski definition) is 1. The van der Waals surface area contributed by atoms with Gasteiger partial charge < -0.3 is 0 Å². The van der Waals surface area contributed by atoms with Gasteiger partial charge in [-0.1, -0.05) is 70.8 Å². The van der Waals surface area contributed by atoms with Crippen molar-refractivity contribution >= 4 is 22.7 Å². The van der Waals surface area contributed by atoms with Crippen LogP contribution in [0.1, 0.15) is 33.4 Å². The van der Waals surface area contributed by atoms with Gasteiger partial charge in [0.2, 0.25) is 0 Å². The predicted octanol–water partition coefficient (Wildman–Crippen LogP) is 7.14. The molecule has 2 heteroatoms. The van der Waals surface area contributed by atoms with E-state index in [0.29, 0.717) is 0 Å². The van der Waals surface area contributed by atoms with Crippen molar-refractivity contribution in [2.45, 2.75) is 41.5 Å². The number of nitrogens with one attached hydrogen (secondary N) is 1. The van der Waals surface area contributed by atoms with Gasteiger partial charge >= 0.3 is 0 Å². The molecular weight excluding hydrogens is 388 g/mol. The first-order valence-electron chi connectivity index (χ1n) is 11.3. The fourth-order valence-corrected chi connectivity index (χ4v) is 4.33. The molecule has 4 aromatic carbocycles. The van der Waals surface area contributed by atoms with Gasteiger partial charge in [0.05, 0.1) is 11.4 Å². The molecule has 162 valence electrons. The lowest BCUT2D eigenvalue weighted by Crippen LogP contribution is -3.09. The van der Waals surface area contributed by atoms with Crippen molar-refractivity contribution in [2.24, 2.45) is 0 Å². The molecule has 0 bridgehead atoms. The second kappa shape index (κ2) is 9.02. The molecule has 0 saturated carbocycles. The number of anilines is 2. The van der Waals surface area contributed by atoms with Crippen LogP contribution in [-0.4, -0.2) is 0 Å². The average molecular weight is 422 g/mol. The van der Waals surface area contributed by atoms with Crippen molar-refractivity contribution in [3.8, 4) is 0 Å². The molecule has 0 fully saturated rings. The van der Waals surface area contributed by atoms with Gasteiger partial charge in [-0.05, 0) is 64.8 Å². The smallest absolute Gasteiger partial charge is 0.161 e. The lowest BCUT2D eigenvalue weighted by Gasteiger charge is -2.34. The highest BCUT2D eigenvalue weighted by atomic mass is 15.6. The van der Waals surface area contributed by atoms with Gasteiger partial charge in [-0.2, -0.15) is 10.0 Å². The fourth-order valence-electron chi connectivity index (χ4n) is 4.33. The summed E-state index contributed by atoms with van der Waals surface area (Å²) in [5.74, 6) is 0. The van der Waals surface area contributed by atoms with Crippen molar-refractivity contribution in [3.63, 3.8) is 0 Å². The Kier molecular flexibility index (Phi) is 6.16. The summed E-state index contributed by atoms with van der Waals surface area (Å²) < 4.78 is 0. The number of quaternary nitrogens is 1. The van der Waals surface area contributed by atoms with E-state index >= 15 is 0 Å². The maximum atomic E-state index is 2.44. The fraction of sp³-hybridized carbons (Fsp3) is 0.200. The zero-order chi connectivity index (χ0) is 22.8. The van der Waals surface area contributed by atoms with Crippen LogP contribution < -0.4 is 10.0 Å². The lowest BCUT2D eigenvalue weighted by atomic mass is 10.1. The van der Waals surface area contributed by atoms with Crippen molar-refractivity contribution in [2.75, 3.05) is 5.01 Å². The Morgan fingerprint density at radius 3 is 1.12 bits per heavy atom. The maximum absolute atomic E-state index is 2.44. The van der Waals surface area contributed by atoms with E-state index < -0.39 is 0 Å². The lowest BCUT2D eigenvalue weighted by molar-refractivity contribution is -0.763. The molecule has 4 aromatic rings. The van der Waals surface area contributed by atoms with E-state index in [4.69, 9.17) is 0 Å². The quantitative estimate of drug-likeness (QED) is 0.337. The van der Waals surface area contributed by atoms with Crippen LogP contribution in [0.25, 0.3) is 0 Å². The summed E-state index contributed by atoms with van der Waals surface area (Å²) >= 11 is 0. The number of hydrogen-bond donors (Lipinski definition) is 1. The first-order valence-corrected chi connectivity index (χ1v) is 11.3.